The van der Waals surface area contributed by atoms with Gasteiger partial charge in [0.25, 0.3) is 5.91 Å². The van der Waals surface area contributed by atoms with Gasteiger partial charge in [0.05, 0.1) is 10.6 Å². The van der Waals surface area contributed by atoms with Gasteiger partial charge < -0.3 is 10.1 Å². The van der Waals surface area contributed by atoms with Gasteiger partial charge in [-0.2, -0.15) is 0 Å². The molecular formula is C13H14BrClINO2. The molecule has 0 aliphatic carbocycles. The molecule has 0 atom stereocenters. The summed E-state index contributed by atoms with van der Waals surface area (Å²) in [6, 6.07) is 5.35. The third-order valence-electron chi connectivity index (χ3n) is 3.27. The van der Waals surface area contributed by atoms with Crippen molar-refractivity contribution in [2.24, 2.45) is 0 Å². The smallest absolute Gasteiger partial charge is 0.251 e. The van der Waals surface area contributed by atoms with Crippen LogP contribution < -0.4 is 5.32 Å². The molecule has 1 aliphatic rings. The number of nitrogens with one attached hydrogen (secondary N) is 1. The number of halogens is 3. The van der Waals surface area contributed by atoms with E-state index in [-0.39, 0.29) is 11.4 Å². The van der Waals surface area contributed by atoms with Crippen LogP contribution in [0, 0.1) is 3.57 Å². The highest BCUT2D eigenvalue weighted by atomic mass is 127. The summed E-state index contributed by atoms with van der Waals surface area (Å²) >= 11 is 11.7. The summed E-state index contributed by atoms with van der Waals surface area (Å²) < 4.78 is 6.30. The maximum absolute atomic E-state index is 12.3. The minimum atomic E-state index is -0.217. The fourth-order valence-corrected chi connectivity index (χ4v) is 3.22. The van der Waals surface area contributed by atoms with Gasteiger partial charge in [0.1, 0.15) is 0 Å². The molecule has 1 heterocycles. The first kappa shape index (κ1) is 15.5. The van der Waals surface area contributed by atoms with E-state index in [0.29, 0.717) is 23.8 Å². The maximum atomic E-state index is 12.3. The van der Waals surface area contributed by atoms with Crippen LogP contribution in [-0.4, -0.2) is 30.0 Å². The number of hydrogen-bond donors (Lipinski definition) is 1. The van der Waals surface area contributed by atoms with E-state index >= 15 is 0 Å². The molecule has 19 heavy (non-hydrogen) atoms. The van der Waals surface area contributed by atoms with Gasteiger partial charge in [-0.05, 0) is 53.6 Å². The van der Waals surface area contributed by atoms with Gasteiger partial charge in [-0.15, -0.1) is 0 Å². The number of hydrogen-bond acceptors (Lipinski definition) is 2. The van der Waals surface area contributed by atoms with Crippen LogP contribution in [0.3, 0.4) is 0 Å². The Hall–Kier alpha value is 0.150. The van der Waals surface area contributed by atoms with E-state index in [4.69, 9.17) is 16.3 Å². The van der Waals surface area contributed by atoms with Gasteiger partial charge >= 0.3 is 0 Å². The van der Waals surface area contributed by atoms with Crippen LogP contribution in [0.2, 0.25) is 5.02 Å². The van der Waals surface area contributed by atoms with Crippen LogP contribution in [-0.2, 0) is 4.74 Å². The van der Waals surface area contributed by atoms with Gasteiger partial charge in [-0.25, -0.2) is 0 Å². The highest BCUT2D eigenvalue weighted by Gasteiger charge is 2.33. The lowest BCUT2D eigenvalue weighted by atomic mass is 9.92. The maximum Gasteiger partial charge on any atom is 0.251 e. The van der Waals surface area contributed by atoms with Crippen LogP contribution in [0.15, 0.2) is 18.2 Å². The first-order valence-corrected chi connectivity index (χ1v) is 8.55. The van der Waals surface area contributed by atoms with Gasteiger partial charge in [0.2, 0.25) is 0 Å². The Morgan fingerprint density at radius 1 is 1.47 bits per heavy atom. The highest BCUT2D eigenvalue weighted by Crippen LogP contribution is 2.25. The molecule has 1 saturated heterocycles. The van der Waals surface area contributed by atoms with Crippen molar-refractivity contribution in [1.82, 2.24) is 5.32 Å². The summed E-state index contributed by atoms with van der Waals surface area (Å²) in [4.78, 5) is 12.3. The number of amides is 1. The number of alkyl halides is 1. The van der Waals surface area contributed by atoms with Crippen molar-refractivity contribution >= 4 is 56.0 Å². The van der Waals surface area contributed by atoms with Crippen LogP contribution in [0.5, 0.6) is 0 Å². The number of benzene rings is 1. The zero-order valence-electron chi connectivity index (χ0n) is 10.2. The average Bonchev–Trinajstić information content (AvgIpc) is 2.43. The second kappa shape index (κ2) is 6.74. The number of rotatable bonds is 3. The summed E-state index contributed by atoms with van der Waals surface area (Å²) in [5, 5.41) is 4.45. The molecule has 2 rings (SSSR count). The lowest BCUT2D eigenvalue weighted by molar-refractivity contribution is 0.0442. The molecule has 0 spiro atoms. The minimum Gasteiger partial charge on any atom is -0.381 e. The average molecular weight is 459 g/mol. The molecule has 3 nitrogen and oxygen atoms in total. The van der Waals surface area contributed by atoms with E-state index in [1.54, 1.807) is 12.1 Å². The third-order valence-corrected chi connectivity index (χ3v) is 5.91. The van der Waals surface area contributed by atoms with E-state index in [9.17, 15) is 4.79 Å². The molecule has 0 bridgehead atoms. The molecule has 1 aromatic carbocycles. The minimum absolute atomic E-state index is 0.0837. The van der Waals surface area contributed by atoms with Crippen molar-refractivity contribution in [1.29, 1.82) is 0 Å². The Kier molecular flexibility index (Phi) is 5.51. The molecule has 0 unspecified atom stereocenters. The van der Waals surface area contributed by atoms with E-state index in [2.05, 4.69) is 43.8 Å². The van der Waals surface area contributed by atoms with Gasteiger partial charge in [0, 0.05) is 27.7 Å². The van der Waals surface area contributed by atoms with E-state index in [1.165, 1.54) is 0 Å². The van der Waals surface area contributed by atoms with E-state index in [0.717, 1.165) is 21.7 Å². The molecule has 1 aliphatic heterocycles. The van der Waals surface area contributed by atoms with Crippen LogP contribution in [0.4, 0.5) is 0 Å². The summed E-state index contributed by atoms with van der Waals surface area (Å²) in [5.74, 6) is -0.0837. The first-order chi connectivity index (χ1) is 9.06. The number of carbonyl (C=O) groups is 1. The molecule has 0 saturated carbocycles. The fourth-order valence-electron chi connectivity index (χ4n) is 2.00. The number of carbonyl (C=O) groups excluding carboxylic acids is 1. The number of ether oxygens (including phenoxy) is 1. The monoisotopic (exact) mass is 457 g/mol. The van der Waals surface area contributed by atoms with Crippen LogP contribution in [0.25, 0.3) is 0 Å². The molecule has 104 valence electrons. The van der Waals surface area contributed by atoms with Gasteiger partial charge in [-0.1, -0.05) is 27.5 Å². The highest BCUT2D eigenvalue weighted by molar-refractivity contribution is 14.1. The molecule has 6 heteroatoms. The Morgan fingerprint density at radius 3 is 2.74 bits per heavy atom. The largest absolute Gasteiger partial charge is 0.381 e. The molecule has 0 aromatic heterocycles. The van der Waals surface area contributed by atoms with E-state index < -0.39 is 0 Å². The predicted molar refractivity (Wildman–Crippen MR) is 88.2 cm³/mol. The van der Waals surface area contributed by atoms with Crippen LogP contribution >= 0.6 is 50.1 Å². The lowest BCUT2D eigenvalue weighted by Gasteiger charge is -2.36. The van der Waals surface area contributed by atoms with Crippen LogP contribution in [0.1, 0.15) is 23.2 Å². The Morgan fingerprint density at radius 2 is 2.16 bits per heavy atom. The quantitative estimate of drug-likeness (QED) is 0.555. The zero-order chi connectivity index (χ0) is 13.9. The Balaban J connectivity index is 2.12. The Bertz CT molecular complexity index is 478. The SMILES string of the molecule is O=C(NC1(CBr)CCOCC1)c1ccc(I)c(Cl)c1. The molecule has 1 amide bonds. The topological polar surface area (TPSA) is 38.3 Å². The predicted octanol–water partition coefficient (Wildman–Crippen LogP) is 3.62. The van der Waals surface area contributed by atoms with Gasteiger partial charge in [-0.3, -0.25) is 4.79 Å². The second-order valence-corrected chi connectivity index (χ2v) is 6.74. The van der Waals surface area contributed by atoms with E-state index in [1.807, 2.05) is 6.07 Å². The summed E-state index contributed by atoms with van der Waals surface area (Å²) in [6.07, 6.45) is 1.64. The molecule has 0 radical (unpaired) electrons. The Labute approximate surface area is 139 Å². The van der Waals surface area contributed by atoms with Crippen molar-refractivity contribution in [3.05, 3.63) is 32.4 Å². The van der Waals surface area contributed by atoms with Gasteiger partial charge in [0.15, 0.2) is 0 Å². The van der Waals surface area contributed by atoms with Crippen molar-refractivity contribution in [2.75, 3.05) is 18.5 Å². The summed E-state index contributed by atoms with van der Waals surface area (Å²) in [5.41, 5.74) is 0.377. The molecular weight excluding hydrogens is 444 g/mol. The molecule has 1 fully saturated rings. The molecule has 1 aromatic rings. The second-order valence-electron chi connectivity index (χ2n) is 4.61. The summed E-state index contributed by atoms with van der Waals surface area (Å²) in [6.45, 7) is 1.36. The first-order valence-electron chi connectivity index (χ1n) is 5.98. The standard InChI is InChI=1S/C13H14BrClINO2/c14-8-13(3-5-19-6-4-13)17-12(18)9-1-2-11(16)10(15)7-9/h1-2,7H,3-6,8H2,(H,17,18). The normalized spacial score (nSPS) is 18.1. The zero-order valence-corrected chi connectivity index (χ0v) is 14.7. The fraction of sp³-hybridized carbons (Fsp3) is 0.462. The van der Waals surface area contributed by atoms with Crippen molar-refractivity contribution < 1.29 is 9.53 Å². The molecule has 1 N–H and O–H groups in total. The summed E-state index contributed by atoms with van der Waals surface area (Å²) in [7, 11) is 0. The van der Waals surface area contributed by atoms with Crippen molar-refractivity contribution in [3.8, 4) is 0 Å². The lowest BCUT2D eigenvalue weighted by Crippen LogP contribution is -2.53. The van der Waals surface area contributed by atoms with Crippen molar-refractivity contribution in [3.63, 3.8) is 0 Å². The van der Waals surface area contributed by atoms with Crippen molar-refractivity contribution in [2.45, 2.75) is 18.4 Å². The third kappa shape index (κ3) is 3.83.